The summed E-state index contributed by atoms with van der Waals surface area (Å²) < 4.78 is 5.66. The molecule has 7 nitrogen and oxygen atoms in total. The Balaban J connectivity index is 1.66. The number of rotatable bonds is 7. The molecule has 3 rings (SSSR count). The summed E-state index contributed by atoms with van der Waals surface area (Å²) in [7, 11) is 1.55. The number of para-hydroxylation sites is 2. The lowest BCUT2D eigenvalue weighted by atomic mass is 10.1. The molecule has 1 aliphatic rings. The van der Waals surface area contributed by atoms with Gasteiger partial charge in [0, 0.05) is 18.5 Å². The van der Waals surface area contributed by atoms with Crippen molar-refractivity contribution in [3.8, 4) is 5.75 Å². The van der Waals surface area contributed by atoms with Crippen molar-refractivity contribution < 1.29 is 24.2 Å². The van der Waals surface area contributed by atoms with Gasteiger partial charge < -0.3 is 15.2 Å². The number of carbonyl (C=O) groups is 3. The van der Waals surface area contributed by atoms with Crippen LogP contribution in [0.15, 0.2) is 53.4 Å². The number of hydrogen-bond donors (Lipinski definition) is 2. The Morgan fingerprint density at radius 2 is 1.90 bits per heavy atom. The molecule has 2 N–H and O–H groups in total. The van der Waals surface area contributed by atoms with E-state index in [4.69, 9.17) is 17.0 Å². The maximum Gasteiger partial charge on any atom is 0.337 e. The second-order valence-electron chi connectivity index (χ2n) is 6.22. The van der Waals surface area contributed by atoms with E-state index in [0.717, 1.165) is 17.3 Å². The van der Waals surface area contributed by atoms with E-state index < -0.39 is 11.9 Å². The van der Waals surface area contributed by atoms with E-state index in [1.54, 1.807) is 31.4 Å². The van der Waals surface area contributed by atoms with Crippen LogP contribution in [0, 0.1) is 0 Å². The molecule has 2 amide bonds. The number of carbonyl (C=O) groups excluding carboxylic acids is 2. The Morgan fingerprint density at radius 3 is 2.63 bits per heavy atom. The van der Waals surface area contributed by atoms with E-state index >= 15 is 0 Å². The van der Waals surface area contributed by atoms with Crippen molar-refractivity contribution >= 4 is 57.8 Å². The first-order chi connectivity index (χ1) is 14.4. The third-order valence-corrected chi connectivity index (χ3v) is 5.67. The highest BCUT2D eigenvalue weighted by atomic mass is 32.2. The SMILES string of the molecule is COc1ccccc1/C=C1\SC(=S)N(CCC(=O)Nc2ccccc2C(=O)O)C1=O. The largest absolute Gasteiger partial charge is 0.496 e. The van der Waals surface area contributed by atoms with Gasteiger partial charge in [0.1, 0.15) is 10.1 Å². The maximum atomic E-state index is 12.7. The number of anilines is 1. The number of carboxylic acid groups (broad SMARTS) is 1. The fourth-order valence-corrected chi connectivity index (χ4v) is 4.12. The molecule has 0 radical (unpaired) electrons. The molecule has 1 fully saturated rings. The molecule has 2 aromatic carbocycles. The molecule has 1 heterocycles. The van der Waals surface area contributed by atoms with Gasteiger partial charge >= 0.3 is 5.97 Å². The maximum absolute atomic E-state index is 12.7. The highest BCUT2D eigenvalue weighted by Crippen LogP contribution is 2.34. The first kappa shape index (κ1) is 21.5. The Kier molecular flexibility index (Phi) is 6.86. The van der Waals surface area contributed by atoms with Crippen molar-refractivity contribution in [2.75, 3.05) is 19.0 Å². The van der Waals surface area contributed by atoms with Crippen LogP contribution < -0.4 is 10.1 Å². The van der Waals surface area contributed by atoms with Gasteiger partial charge in [0.05, 0.1) is 23.3 Å². The number of thiocarbonyl (C=S) groups is 1. The third-order valence-electron chi connectivity index (χ3n) is 4.29. The fourth-order valence-electron chi connectivity index (χ4n) is 2.82. The van der Waals surface area contributed by atoms with E-state index in [-0.39, 0.29) is 30.1 Å². The lowest BCUT2D eigenvalue weighted by Crippen LogP contribution is -2.31. The molecular weight excluding hydrogens is 424 g/mol. The van der Waals surface area contributed by atoms with Gasteiger partial charge in [-0.05, 0) is 24.3 Å². The Hall–Kier alpha value is -3.17. The summed E-state index contributed by atoms with van der Waals surface area (Å²) in [6.45, 7) is 0.0923. The molecule has 0 bridgehead atoms. The van der Waals surface area contributed by atoms with Gasteiger partial charge in [-0.1, -0.05) is 54.3 Å². The Bertz CT molecular complexity index is 1050. The molecule has 1 aliphatic heterocycles. The summed E-state index contributed by atoms with van der Waals surface area (Å²) in [5.41, 5.74) is 0.955. The van der Waals surface area contributed by atoms with Gasteiger partial charge in [0.25, 0.3) is 5.91 Å². The lowest BCUT2D eigenvalue weighted by molar-refractivity contribution is -0.122. The predicted molar refractivity (Wildman–Crippen MR) is 120 cm³/mol. The zero-order valence-electron chi connectivity index (χ0n) is 16.0. The van der Waals surface area contributed by atoms with Gasteiger partial charge in [-0.25, -0.2) is 4.79 Å². The molecule has 0 unspecified atom stereocenters. The second-order valence-corrected chi connectivity index (χ2v) is 7.90. The molecule has 0 aliphatic carbocycles. The number of aromatic carboxylic acids is 1. The highest BCUT2D eigenvalue weighted by molar-refractivity contribution is 8.26. The number of hydrogen-bond acceptors (Lipinski definition) is 6. The predicted octanol–water partition coefficient (Wildman–Crippen LogP) is 3.62. The molecule has 1 saturated heterocycles. The summed E-state index contributed by atoms with van der Waals surface area (Å²) in [5.74, 6) is -1.19. The minimum atomic E-state index is -1.13. The third kappa shape index (κ3) is 4.87. The first-order valence-corrected chi connectivity index (χ1v) is 10.1. The minimum Gasteiger partial charge on any atom is -0.496 e. The van der Waals surface area contributed by atoms with Crippen LogP contribution in [0.4, 0.5) is 5.69 Å². The molecular formula is C21H18N2O5S2. The topological polar surface area (TPSA) is 95.9 Å². The van der Waals surface area contributed by atoms with Gasteiger partial charge in [0.2, 0.25) is 5.91 Å². The van der Waals surface area contributed by atoms with Crippen LogP contribution in [0.3, 0.4) is 0 Å². The molecule has 0 saturated carbocycles. The number of methoxy groups -OCH3 is 1. The normalized spacial score (nSPS) is 14.8. The lowest BCUT2D eigenvalue weighted by Gasteiger charge is -2.14. The first-order valence-electron chi connectivity index (χ1n) is 8.91. The standard InChI is InChI=1S/C21H18N2O5S2/c1-28-16-9-5-2-6-13(16)12-17-19(25)23(21(29)30-17)11-10-18(24)22-15-8-4-3-7-14(15)20(26)27/h2-9,12H,10-11H2,1H3,(H,22,24)(H,26,27)/b17-12-. The van der Waals surface area contributed by atoms with Gasteiger partial charge in [-0.15, -0.1) is 0 Å². The number of nitrogens with one attached hydrogen (secondary N) is 1. The zero-order valence-corrected chi connectivity index (χ0v) is 17.6. The molecule has 0 aromatic heterocycles. The molecule has 9 heteroatoms. The summed E-state index contributed by atoms with van der Waals surface area (Å²) in [5, 5.41) is 11.8. The van der Waals surface area contributed by atoms with Crippen LogP contribution in [0.1, 0.15) is 22.3 Å². The van der Waals surface area contributed by atoms with E-state index in [1.165, 1.54) is 17.0 Å². The fraction of sp³-hybridized carbons (Fsp3) is 0.143. The van der Waals surface area contributed by atoms with Crippen LogP contribution in [0.2, 0.25) is 0 Å². The Morgan fingerprint density at radius 1 is 1.20 bits per heavy atom. The molecule has 0 atom stereocenters. The van der Waals surface area contributed by atoms with Crippen LogP contribution in [0.25, 0.3) is 6.08 Å². The van der Waals surface area contributed by atoms with Crippen molar-refractivity contribution in [1.82, 2.24) is 4.90 Å². The monoisotopic (exact) mass is 442 g/mol. The summed E-state index contributed by atoms with van der Waals surface area (Å²) in [6, 6.07) is 13.4. The van der Waals surface area contributed by atoms with Crippen molar-refractivity contribution in [3.63, 3.8) is 0 Å². The quantitative estimate of drug-likeness (QED) is 0.499. The van der Waals surface area contributed by atoms with E-state index in [1.807, 2.05) is 18.2 Å². The number of nitrogens with zero attached hydrogens (tertiary/aromatic N) is 1. The van der Waals surface area contributed by atoms with Crippen LogP contribution in [0.5, 0.6) is 5.75 Å². The molecule has 154 valence electrons. The van der Waals surface area contributed by atoms with Crippen molar-refractivity contribution in [2.45, 2.75) is 6.42 Å². The number of carboxylic acids is 1. The smallest absolute Gasteiger partial charge is 0.337 e. The van der Waals surface area contributed by atoms with Crippen LogP contribution in [-0.2, 0) is 9.59 Å². The van der Waals surface area contributed by atoms with Gasteiger partial charge in [-0.3, -0.25) is 14.5 Å². The van der Waals surface area contributed by atoms with Crippen molar-refractivity contribution in [2.24, 2.45) is 0 Å². The second kappa shape index (κ2) is 9.55. The zero-order chi connectivity index (χ0) is 21.7. The van der Waals surface area contributed by atoms with E-state index in [2.05, 4.69) is 5.32 Å². The summed E-state index contributed by atoms with van der Waals surface area (Å²) in [6.07, 6.45) is 1.68. The number of ether oxygens (including phenoxy) is 1. The van der Waals surface area contributed by atoms with Gasteiger partial charge in [-0.2, -0.15) is 0 Å². The average Bonchev–Trinajstić information content (AvgIpc) is 2.99. The highest BCUT2D eigenvalue weighted by Gasteiger charge is 2.32. The van der Waals surface area contributed by atoms with Crippen molar-refractivity contribution in [1.29, 1.82) is 0 Å². The average molecular weight is 443 g/mol. The number of benzene rings is 2. The summed E-state index contributed by atoms with van der Waals surface area (Å²) >= 11 is 6.46. The van der Waals surface area contributed by atoms with Crippen LogP contribution in [-0.4, -0.2) is 45.8 Å². The molecule has 2 aromatic rings. The molecule has 30 heavy (non-hydrogen) atoms. The minimum absolute atomic E-state index is 0.00352. The van der Waals surface area contributed by atoms with Gasteiger partial charge in [0.15, 0.2) is 0 Å². The van der Waals surface area contributed by atoms with Crippen LogP contribution >= 0.6 is 24.0 Å². The Labute approximate surface area is 182 Å². The van der Waals surface area contributed by atoms with Crippen molar-refractivity contribution in [3.05, 3.63) is 64.6 Å². The number of thioether (sulfide) groups is 1. The summed E-state index contributed by atoms with van der Waals surface area (Å²) in [4.78, 5) is 38.1. The van der Waals surface area contributed by atoms with E-state index in [0.29, 0.717) is 15.0 Å². The van der Waals surface area contributed by atoms with E-state index in [9.17, 15) is 19.5 Å². The number of amides is 2. The molecule has 0 spiro atoms.